The number of H-pyrrole nitrogens is 1. The maximum atomic E-state index is 11.7. The van der Waals surface area contributed by atoms with Gasteiger partial charge >= 0.3 is 6.09 Å². The Hall–Kier alpha value is -2.90. The molecular weight excluding hydrogens is 322 g/mol. The first-order valence-corrected chi connectivity index (χ1v) is 7.87. The smallest absolute Gasteiger partial charge is 0.407 e. The molecule has 1 heterocycles. The van der Waals surface area contributed by atoms with Crippen LogP contribution in [0.1, 0.15) is 17.2 Å². The van der Waals surface area contributed by atoms with Gasteiger partial charge in [0.2, 0.25) is 0 Å². The maximum Gasteiger partial charge on any atom is 0.407 e. The van der Waals surface area contributed by atoms with E-state index in [9.17, 15) is 15.0 Å². The molecule has 0 aliphatic rings. The monoisotopic (exact) mass is 341 g/mol. The first kappa shape index (κ1) is 16.9. The summed E-state index contributed by atoms with van der Waals surface area (Å²) in [5.74, 6) is 0. The number of ether oxygens (including phenoxy) is 1. The lowest BCUT2D eigenvalue weighted by Gasteiger charge is -2.18. The van der Waals surface area contributed by atoms with Crippen molar-refractivity contribution < 1.29 is 19.7 Å². The Morgan fingerprint density at radius 2 is 2.00 bits per heavy atom. The normalized spacial score (nSPS) is 13.4. The fourth-order valence-electron chi connectivity index (χ4n) is 2.43. The fourth-order valence-corrected chi connectivity index (χ4v) is 2.43. The lowest BCUT2D eigenvalue weighted by atomic mass is 10.0. The van der Waals surface area contributed by atoms with Gasteiger partial charge in [-0.2, -0.15) is 0 Å². The third-order valence-electron chi connectivity index (χ3n) is 3.82. The standard InChI is InChI=1S/C18H19N3O4/c22-16(9-19-18(24)25-10-12-4-2-1-3-5-12)17(23)13-6-7-14-15(8-13)21-11-20-14/h1-8,11,16-17,22-23H,9-10H2,(H,19,24)(H,20,21). The Labute approximate surface area is 144 Å². The highest BCUT2D eigenvalue weighted by molar-refractivity contribution is 5.75. The van der Waals surface area contributed by atoms with E-state index in [1.165, 1.54) is 0 Å². The van der Waals surface area contributed by atoms with Crippen LogP contribution in [0.2, 0.25) is 0 Å². The summed E-state index contributed by atoms with van der Waals surface area (Å²) in [7, 11) is 0. The minimum atomic E-state index is -1.16. The van der Waals surface area contributed by atoms with Gasteiger partial charge in [0.15, 0.2) is 0 Å². The van der Waals surface area contributed by atoms with Crippen LogP contribution >= 0.6 is 0 Å². The van der Waals surface area contributed by atoms with Crippen molar-refractivity contribution in [3.63, 3.8) is 0 Å². The molecule has 25 heavy (non-hydrogen) atoms. The van der Waals surface area contributed by atoms with Crippen LogP contribution in [0, 0.1) is 0 Å². The van der Waals surface area contributed by atoms with Crippen molar-refractivity contribution in [2.45, 2.75) is 18.8 Å². The zero-order valence-electron chi connectivity index (χ0n) is 13.4. The Bertz CT molecular complexity index is 834. The van der Waals surface area contributed by atoms with Crippen LogP contribution in [0.25, 0.3) is 11.0 Å². The number of carbonyl (C=O) groups excluding carboxylic acids is 1. The summed E-state index contributed by atoms with van der Waals surface area (Å²) in [5, 5.41) is 22.8. The quantitative estimate of drug-likeness (QED) is 0.548. The third kappa shape index (κ3) is 4.34. The van der Waals surface area contributed by atoms with E-state index in [0.717, 1.165) is 16.6 Å². The highest BCUT2D eigenvalue weighted by atomic mass is 16.5. The van der Waals surface area contributed by atoms with E-state index in [1.807, 2.05) is 30.3 Å². The van der Waals surface area contributed by atoms with Crippen LogP contribution in [-0.2, 0) is 11.3 Å². The number of rotatable bonds is 6. The van der Waals surface area contributed by atoms with Crippen molar-refractivity contribution in [2.75, 3.05) is 6.54 Å². The number of amides is 1. The summed E-state index contributed by atoms with van der Waals surface area (Å²) in [4.78, 5) is 18.7. The second kappa shape index (κ2) is 7.78. The predicted octanol–water partition coefficient (Wildman–Crippen LogP) is 1.88. The first-order chi connectivity index (χ1) is 12.1. The molecule has 2 atom stereocenters. The van der Waals surface area contributed by atoms with Crippen molar-refractivity contribution in [2.24, 2.45) is 0 Å². The third-order valence-corrected chi connectivity index (χ3v) is 3.82. The van der Waals surface area contributed by atoms with E-state index >= 15 is 0 Å². The molecule has 2 aromatic carbocycles. The van der Waals surface area contributed by atoms with Gasteiger partial charge in [0, 0.05) is 6.54 Å². The minimum Gasteiger partial charge on any atom is -0.445 e. The van der Waals surface area contributed by atoms with Crippen LogP contribution in [-0.4, -0.2) is 38.9 Å². The molecule has 0 fully saturated rings. The van der Waals surface area contributed by atoms with E-state index in [2.05, 4.69) is 15.3 Å². The van der Waals surface area contributed by atoms with Gasteiger partial charge in [-0.3, -0.25) is 0 Å². The number of aromatic nitrogens is 2. The largest absolute Gasteiger partial charge is 0.445 e. The van der Waals surface area contributed by atoms with Gasteiger partial charge < -0.3 is 25.3 Å². The molecule has 0 aliphatic carbocycles. The lowest BCUT2D eigenvalue weighted by Crippen LogP contribution is -2.35. The molecule has 3 rings (SSSR count). The number of fused-ring (bicyclic) bond motifs is 1. The summed E-state index contributed by atoms with van der Waals surface area (Å²) in [6.45, 7) is 0.0115. The average molecular weight is 341 g/mol. The minimum absolute atomic E-state index is 0.129. The summed E-state index contributed by atoms with van der Waals surface area (Å²) in [6, 6.07) is 14.4. The van der Waals surface area contributed by atoms with Gasteiger partial charge in [-0.05, 0) is 23.3 Å². The van der Waals surface area contributed by atoms with Gasteiger partial charge in [-0.1, -0.05) is 36.4 Å². The molecule has 1 amide bonds. The number of hydrogen-bond donors (Lipinski definition) is 4. The van der Waals surface area contributed by atoms with Crippen LogP contribution in [0.15, 0.2) is 54.9 Å². The van der Waals surface area contributed by atoms with E-state index in [1.54, 1.807) is 24.5 Å². The molecule has 1 aromatic heterocycles. The van der Waals surface area contributed by atoms with E-state index < -0.39 is 18.3 Å². The number of aliphatic hydroxyl groups is 2. The second-order valence-corrected chi connectivity index (χ2v) is 5.63. The number of nitrogens with one attached hydrogen (secondary N) is 2. The van der Waals surface area contributed by atoms with Gasteiger partial charge in [0.25, 0.3) is 0 Å². The molecular formula is C18H19N3O4. The molecule has 0 saturated carbocycles. The van der Waals surface area contributed by atoms with Gasteiger partial charge in [0.1, 0.15) is 18.8 Å². The van der Waals surface area contributed by atoms with Crippen LogP contribution < -0.4 is 5.32 Å². The van der Waals surface area contributed by atoms with Crippen molar-refractivity contribution in [3.05, 3.63) is 66.0 Å². The molecule has 0 spiro atoms. The predicted molar refractivity (Wildman–Crippen MR) is 91.7 cm³/mol. The van der Waals surface area contributed by atoms with Crippen LogP contribution in [0.4, 0.5) is 4.79 Å². The molecule has 0 radical (unpaired) electrons. The number of aromatic amines is 1. The summed E-state index contributed by atoms with van der Waals surface area (Å²) < 4.78 is 5.06. The van der Waals surface area contributed by atoms with Gasteiger partial charge in [-0.15, -0.1) is 0 Å². The van der Waals surface area contributed by atoms with E-state index in [4.69, 9.17) is 4.74 Å². The lowest BCUT2D eigenvalue weighted by molar-refractivity contribution is 0.0185. The molecule has 130 valence electrons. The summed E-state index contributed by atoms with van der Waals surface area (Å²) in [5.41, 5.74) is 2.93. The zero-order valence-corrected chi connectivity index (χ0v) is 13.4. The maximum absolute atomic E-state index is 11.7. The van der Waals surface area contributed by atoms with Crippen molar-refractivity contribution in [1.29, 1.82) is 0 Å². The van der Waals surface area contributed by atoms with Crippen molar-refractivity contribution in [1.82, 2.24) is 15.3 Å². The van der Waals surface area contributed by atoms with Gasteiger partial charge in [0.05, 0.1) is 17.4 Å². The van der Waals surface area contributed by atoms with Crippen molar-refractivity contribution in [3.8, 4) is 0 Å². The Balaban J connectivity index is 1.49. The molecule has 0 saturated heterocycles. The number of nitrogens with zero attached hydrogens (tertiary/aromatic N) is 1. The average Bonchev–Trinajstić information content (AvgIpc) is 3.12. The molecule has 3 aromatic rings. The summed E-state index contributed by atoms with van der Waals surface area (Å²) >= 11 is 0. The number of imidazole rings is 1. The molecule has 0 aliphatic heterocycles. The number of aliphatic hydroxyl groups excluding tert-OH is 2. The zero-order chi connectivity index (χ0) is 17.6. The number of alkyl carbamates (subject to hydrolysis) is 1. The van der Waals surface area contributed by atoms with E-state index in [-0.39, 0.29) is 13.2 Å². The number of hydrogen-bond acceptors (Lipinski definition) is 5. The van der Waals surface area contributed by atoms with Crippen molar-refractivity contribution >= 4 is 17.1 Å². The number of benzene rings is 2. The number of carbonyl (C=O) groups is 1. The second-order valence-electron chi connectivity index (χ2n) is 5.63. The highest BCUT2D eigenvalue weighted by Crippen LogP contribution is 2.20. The summed E-state index contributed by atoms with van der Waals surface area (Å²) in [6.07, 6.45) is -1.40. The van der Waals surface area contributed by atoms with E-state index in [0.29, 0.717) is 5.56 Å². The Morgan fingerprint density at radius 1 is 1.20 bits per heavy atom. The van der Waals surface area contributed by atoms with Crippen LogP contribution in [0.5, 0.6) is 0 Å². The Morgan fingerprint density at radius 3 is 2.80 bits per heavy atom. The highest BCUT2D eigenvalue weighted by Gasteiger charge is 2.20. The van der Waals surface area contributed by atoms with Gasteiger partial charge in [-0.25, -0.2) is 9.78 Å². The SMILES string of the molecule is O=C(NCC(O)C(O)c1ccc2nc[nH]c2c1)OCc1ccccc1. The first-order valence-electron chi connectivity index (χ1n) is 7.87. The molecule has 0 bridgehead atoms. The van der Waals surface area contributed by atoms with Crippen LogP contribution in [0.3, 0.4) is 0 Å². The Kier molecular flexibility index (Phi) is 5.27. The molecule has 2 unspecified atom stereocenters. The molecule has 7 nitrogen and oxygen atoms in total. The molecule has 4 N–H and O–H groups in total. The fraction of sp³-hybridized carbons (Fsp3) is 0.222. The topological polar surface area (TPSA) is 107 Å². The molecule has 7 heteroatoms.